The molecule has 0 aliphatic heterocycles. The van der Waals surface area contributed by atoms with E-state index in [1.807, 2.05) is 0 Å². The second kappa shape index (κ2) is 4.98. The molecular weight excluding hydrogens is 134 g/mol. The first-order valence-corrected chi connectivity index (χ1v) is 3.28. The van der Waals surface area contributed by atoms with E-state index in [2.05, 4.69) is 5.14 Å². The molecule has 52 valence electrons. The lowest BCUT2D eigenvalue weighted by atomic mass is 10.9. The molecule has 8 heavy (non-hydrogen) atoms. The fourth-order valence-corrected chi connectivity index (χ4v) is 0. The van der Waals surface area contributed by atoms with Crippen molar-refractivity contribution in [2.45, 2.75) is 6.92 Å². The van der Waals surface area contributed by atoms with Crippen molar-refractivity contribution >= 4 is 10.3 Å². The van der Waals surface area contributed by atoms with Crippen molar-refractivity contribution in [3.8, 4) is 0 Å². The smallest absolute Gasteiger partial charge is 0.330 e. The summed E-state index contributed by atoms with van der Waals surface area (Å²) in [4.78, 5) is 0. The van der Waals surface area contributed by atoms with Gasteiger partial charge < -0.3 is 5.11 Å². The predicted octanol–water partition coefficient (Wildman–Crippen LogP) is -1.25. The molecule has 0 amide bonds. The second-order valence-electron chi connectivity index (χ2n) is 0.831. The molecule has 0 radical (unpaired) electrons. The molecule has 0 saturated heterocycles. The second-order valence-corrected chi connectivity index (χ2v) is 1.86. The predicted molar refractivity (Wildman–Crippen MR) is 28.5 cm³/mol. The Balaban J connectivity index is 0. The lowest BCUT2D eigenvalue weighted by Gasteiger charge is -1.70. The zero-order valence-electron chi connectivity index (χ0n) is 4.40. The Morgan fingerprint density at radius 1 is 1.62 bits per heavy atom. The summed E-state index contributed by atoms with van der Waals surface area (Å²) in [5.74, 6) is 0. The third-order valence-corrected chi connectivity index (χ3v) is 0. The number of hydrogen-bond acceptors (Lipinski definition) is 3. The first-order valence-electron chi connectivity index (χ1n) is 1.77. The van der Waals surface area contributed by atoms with Crippen LogP contribution in [0.2, 0.25) is 0 Å². The van der Waals surface area contributed by atoms with E-state index in [9.17, 15) is 0 Å². The Hall–Kier alpha value is -0.170. The third-order valence-electron chi connectivity index (χ3n) is 0. The van der Waals surface area contributed by atoms with Gasteiger partial charge in [0.15, 0.2) is 0 Å². The molecule has 0 fully saturated rings. The van der Waals surface area contributed by atoms with Crippen LogP contribution in [-0.4, -0.2) is 24.7 Å². The number of nitrogens with two attached hydrogens (primary N) is 1. The van der Waals surface area contributed by atoms with Crippen molar-refractivity contribution in [3.63, 3.8) is 0 Å². The molecule has 0 atom stereocenters. The van der Waals surface area contributed by atoms with Gasteiger partial charge in [0, 0.05) is 6.61 Å². The molecule has 0 saturated carbocycles. The fraction of sp³-hybridized carbons (Fsp3) is 1.00. The Labute approximate surface area is 48.0 Å². The van der Waals surface area contributed by atoms with E-state index < -0.39 is 10.3 Å². The average Bonchev–Trinajstić information content (AvgIpc) is 1.27. The molecule has 0 aromatic carbocycles. The van der Waals surface area contributed by atoms with E-state index >= 15 is 0 Å². The van der Waals surface area contributed by atoms with Crippen LogP contribution in [0.3, 0.4) is 0 Å². The Morgan fingerprint density at radius 3 is 1.62 bits per heavy atom. The van der Waals surface area contributed by atoms with E-state index in [-0.39, 0.29) is 6.61 Å². The average molecular weight is 143 g/mol. The van der Waals surface area contributed by atoms with E-state index in [0.717, 1.165) is 0 Å². The van der Waals surface area contributed by atoms with Crippen molar-refractivity contribution in [2.75, 3.05) is 6.61 Å². The molecule has 0 spiro atoms. The highest BCUT2D eigenvalue weighted by molar-refractivity contribution is 7.83. The molecule has 5 nitrogen and oxygen atoms in total. The maximum Gasteiger partial charge on any atom is 0.330 e. The Kier molecular flexibility index (Phi) is 6.68. The normalized spacial score (nSPS) is 9.50. The highest BCUT2D eigenvalue weighted by atomic mass is 32.2. The lowest BCUT2D eigenvalue weighted by molar-refractivity contribution is 0.318. The Morgan fingerprint density at radius 2 is 1.62 bits per heavy atom. The summed E-state index contributed by atoms with van der Waals surface area (Å²) in [6, 6.07) is 0. The van der Waals surface area contributed by atoms with Gasteiger partial charge in [-0.2, -0.15) is 8.42 Å². The summed E-state index contributed by atoms with van der Waals surface area (Å²) in [5, 5.41) is 11.5. The minimum atomic E-state index is -4.17. The first-order chi connectivity index (χ1) is 3.41. The quantitative estimate of drug-likeness (QED) is 0.369. The number of rotatable bonds is 0. The Bertz CT molecular complexity index is 108. The van der Waals surface area contributed by atoms with Crippen LogP contribution < -0.4 is 5.14 Å². The molecule has 0 bridgehead atoms. The molecule has 6 heteroatoms. The molecule has 0 aliphatic rings. The minimum Gasteiger partial charge on any atom is -0.397 e. The minimum absolute atomic E-state index is 0.250. The van der Waals surface area contributed by atoms with Gasteiger partial charge in [-0.15, -0.1) is 0 Å². The van der Waals surface area contributed by atoms with Gasteiger partial charge in [0.05, 0.1) is 0 Å². The number of aliphatic hydroxyl groups is 1. The highest BCUT2D eigenvalue weighted by Crippen LogP contribution is 1.50. The van der Waals surface area contributed by atoms with Gasteiger partial charge in [-0.3, -0.25) is 4.55 Å². The van der Waals surface area contributed by atoms with Crippen molar-refractivity contribution in [1.29, 1.82) is 0 Å². The van der Waals surface area contributed by atoms with Gasteiger partial charge in [-0.25, -0.2) is 5.14 Å². The van der Waals surface area contributed by atoms with Crippen LogP contribution >= 0.6 is 0 Å². The number of hydrogen-bond donors (Lipinski definition) is 3. The van der Waals surface area contributed by atoms with Gasteiger partial charge in [-0.1, -0.05) is 0 Å². The maximum absolute atomic E-state index is 8.97. The van der Waals surface area contributed by atoms with Gasteiger partial charge in [-0.05, 0) is 6.92 Å². The van der Waals surface area contributed by atoms with Gasteiger partial charge in [0.25, 0.3) is 0 Å². The summed E-state index contributed by atoms with van der Waals surface area (Å²) < 4.78 is 25.2. The first kappa shape index (κ1) is 10.7. The van der Waals surface area contributed by atoms with Crippen molar-refractivity contribution in [3.05, 3.63) is 0 Å². The van der Waals surface area contributed by atoms with Crippen molar-refractivity contribution in [2.24, 2.45) is 5.14 Å². The van der Waals surface area contributed by atoms with Gasteiger partial charge >= 0.3 is 10.3 Å². The van der Waals surface area contributed by atoms with E-state index in [1.165, 1.54) is 0 Å². The van der Waals surface area contributed by atoms with Gasteiger partial charge in [0.2, 0.25) is 0 Å². The zero-order valence-corrected chi connectivity index (χ0v) is 5.22. The molecule has 0 unspecified atom stereocenters. The molecule has 0 aliphatic carbocycles. The lowest BCUT2D eigenvalue weighted by Crippen LogP contribution is -2.08. The summed E-state index contributed by atoms with van der Waals surface area (Å²) in [6.45, 7) is 1.93. The molecule has 0 aromatic rings. The van der Waals surface area contributed by atoms with Crippen LogP contribution in [0.25, 0.3) is 0 Å². The van der Waals surface area contributed by atoms with E-state index in [0.29, 0.717) is 0 Å². The highest BCUT2D eigenvalue weighted by Gasteiger charge is 1.81. The van der Waals surface area contributed by atoms with Crippen LogP contribution in [0.15, 0.2) is 0 Å². The topological polar surface area (TPSA) is 101 Å². The van der Waals surface area contributed by atoms with Gasteiger partial charge in [0.1, 0.15) is 0 Å². The van der Waals surface area contributed by atoms with Crippen LogP contribution in [0, 0.1) is 0 Å². The fourth-order valence-electron chi connectivity index (χ4n) is 0. The molecule has 4 N–H and O–H groups in total. The summed E-state index contributed by atoms with van der Waals surface area (Å²) in [7, 11) is -4.17. The zero-order chi connectivity index (χ0) is 7.21. The monoisotopic (exact) mass is 143 g/mol. The molecule has 0 rings (SSSR count). The number of aliphatic hydroxyl groups excluding tert-OH is 1. The maximum atomic E-state index is 8.97. The SMILES string of the molecule is CCO.NS(=O)(=O)O. The molecule has 0 heterocycles. The van der Waals surface area contributed by atoms with Crippen LogP contribution in [0.5, 0.6) is 0 Å². The summed E-state index contributed by atoms with van der Waals surface area (Å²) in [6.07, 6.45) is 0. The molecular formula is C2H9NO4S. The van der Waals surface area contributed by atoms with Crippen LogP contribution in [0.4, 0.5) is 0 Å². The summed E-state index contributed by atoms with van der Waals surface area (Å²) >= 11 is 0. The molecule has 0 aromatic heterocycles. The third kappa shape index (κ3) is 4710. The van der Waals surface area contributed by atoms with E-state index in [1.54, 1.807) is 6.92 Å². The van der Waals surface area contributed by atoms with Crippen molar-refractivity contribution in [1.82, 2.24) is 0 Å². The van der Waals surface area contributed by atoms with Crippen LogP contribution in [-0.2, 0) is 10.3 Å². The van der Waals surface area contributed by atoms with E-state index in [4.69, 9.17) is 18.1 Å². The van der Waals surface area contributed by atoms with Crippen LogP contribution in [0.1, 0.15) is 6.92 Å². The summed E-state index contributed by atoms with van der Waals surface area (Å²) in [5.41, 5.74) is 0. The standard InChI is InChI=1S/C2H6O.H3NO3S/c1-2-3;1-5(2,3)4/h3H,2H2,1H3;(H3,1,2,3,4). The van der Waals surface area contributed by atoms with Crippen molar-refractivity contribution < 1.29 is 18.1 Å². The largest absolute Gasteiger partial charge is 0.397 e.